The number of amides is 2. The van der Waals surface area contributed by atoms with E-state index in [4.69, 9.17) is 4.74 Å². The van der Waals surface area contributed by atoms with Crippen LogP contribution in [0.5, 0.6) is 5.75 Å². The molecule has 0 fully saturated rings. The first-order valence-corrected chi connectivity index (χ1v) is 8.62. The molecule has 6 nitrogen and oxygen atoms in total. The average molecular weight is 363 g/mol. The van der Waals surface area contributed by atoms with E-state index in [2.05, 4.69) is 15.6 Å². The van der Waals surface area contributed by atoms with Crippen LogP contribution in [0.15, 0.2) is 60.7 Å². The molecule has 27 heavy (non-hydrogen) atoms. The number of aromatic nitrogens is 1. The first-order chi connectivity index (χ1) is 13.0. The molecule has 138 valence electrons. The predicted octanol–water partition coefficient (Wildman–Crippen LogP) is 3.45. The number of hydrogen-bond acceptors (Lipinski definition) is 4. The van der Waals surface area contributed by atoms with E-state index in [0.717, 1.165) is 16.5 Å². The lowest BCUT2D eigenvalue weighted by molar-refractivity contribution is -0.120. The van der Waals surface area contributed by atoms with Crippen molar-refractivity contribution < 1.29 is 14.3 Å². The number of hydrogen-bond donors (Lipinski definition) is 2. The topological polar surface area (TPSA) is 80.3 Å². The minimum Gasteiger partial charge on any atom is -0.497 e. The molecule has 2 aromatic carbocycles. The van der Waals surface area contributed by atoms with Crippen molar-refractivity contribution in [3.8, 4) is 5.75 Å². The molecular formula is C21H21N3O3. The summed E-state index contributed by atoms with van der Waals surface area (Å²) < 4.78 is 5.15. The smallest absolute Gasteiger partial charge is 0.227 e. The van der Waals surface area contributed by atoms with Gasteiger partial charge < -0.3 is 15.4 Å². The molecule has 2 N–H and O–H groups in total. The van der Waals surface area contributed by atoms with Crippen LogP contribution in [-0.4, -0.2) is 23.9 Å². The number of rotatable bonds is 6. The van der Waals surface area contributed by atoms with Crippen molar-refractivity contribution in [2.45, 2.75) is 19.4 Å². The number of ether oxygens (including phenoxy) is 1. The molecule has 3 aromatic rings. The summed E-state index contributed by atoms with van der Waals surface area (Å²) in [6.07, 6.45) is 0.0976. The Morgan fingerprint density at radius 1 is 1.04 bits per heavy atom. The van der Waals surface area contributed by atoms with E-state index < -0.39 is 6.04 Å². The van der Waals surface area contributed by atoms with Crippen LogP contribution in [0.2, 0.25) is 0 Å². The molecule has 0 saturated heterocycles. The van der Waals surface area contributed by atoms with E-state index >= 15 is 0 Å². The fourth-order valence-electron chi connectivity index (χ4n) is 2.85. The molecule has 1 heterocycles. The lowest BCUT2D eigenvalue weighted by atomic mass is 10.0. The molecule has 0 aliphatic rings. The number of methoxy groups -OCH3 is 1. The van der Waals surface area contributed by atoms with Crippen molar-refractivity contribution in [2.75, 3.05) is 12.4 Å². The lowest BCUT2D eigenvalue weighted by Crippen LogP contribution is -2.29. The van der Waals surface area contributed by atoms with Crippen molar-refractivity contribution in [1.29, 1.82) is 0 Å². The largest absolute Gasteiger partial charge is 0.497 e. The van der Waals surface area contributed by atoms with Gasteiger partial charge in [0.25, 0.3) is 0 Å². The third-order valence-corrected chi connectivity index (χ3v) is 4.15. The minimum atomic E-state index is -0.436. The van der Waals surface area contributed by atoms with E-state index in [1.165, 1.54) is 6.92 Å². The van der Waals surface area contributed by atoms with Gasteiger partial charge in [-0.2, -0.15) is 0 Å². The Hall–Kier alpha value is -3.41. The molecule has 1 atom stereocenters. The zero-order chi connectivity index (χ0) is 19.2. The summed E-state index contributed by atoms with van der Waals surface area (Å²) in [5.41, 5.74) is 1.64. The summed E-state index contributed by atoms with van der Waals surface area (Å²) in [4.78, 5) is 28.5. The third kappa shape index (κ3) is 4.82. The maximum atomic E-state index is 12.5. The Bertz CT molecular complexity index is 954. The molecule has 6 heteroatoms. The number of nitrogens with zero attached hydrogens (tertiary/aromatic N) is 1. The molecule has 0 saturated carbocycles. The van der Waals surface area contributed by atoms with Crippen LogP contribution in [-0.2, 0) is 9.59 Å². The van der Waals surface area contributed by atoms with Gasteiger partial charge in [0.05, 0.1) is 25.1 Å². The highest BCUT2D eigenvalue weighted by Gasteiger charge is 2.18. The van der Waals surface area contributed by atoms with E-state index in [-0.39, 0.29) is 18.2 Å². The van der Waals surface area contributed by atoms with Crippen molar-refractivity contribution in [2.24, 2.45) is 0 Å². The van der Waals surface area contributed by atoms with Crippen LogP contribution >= 0.6 is 0 Å². The Labute approximate surface area is 157 Å². The standard InChI is InChI=1S/C21H21N3O3/c1-14(25)22-19(16-7-10-17(27-2)11-8-16)13-21(26)24-20-12-9-15-5-3-4-6-18(15)23-20/h3-12,19H,13H2,1-2H3,(H,22,25)(H,23,24,26). The van der Waals surface area contributed by atoms with Gasteiger partial charge in [-0.3, -0.25) is 9.59 Å². The summed E-state index contributed by atoms with van der Waals surface area (Å²) >= 11 is 0. The molecule has 1 unspecified atom stereocenters. The van der Waals surface area contributed by atoms with E-state index in [1.807, 2.05) is 42.5 Å². The normalized spacial score (nSPS) is 11.6. The fourth-order valence-corrected chi connectivity index (χ4v) is 2.85. The van der Waals surface area contributed by atoms with Crippen LogP contribution < -0.4 is 15.4 Å². The number of benzene rings is 2. The van der Waals surface area contributed by atoms with Crippen LogP contribution in [0.25, 0.3) is 10.9 Å². The first-order valence-electron chi connectivity index (χ1n) is 8.62. The van der Waals surface area contributed by atoms with Gasteiger partial charge in [0.2, 0.25) is 11.8 Å². The van der Waals surface area contributed by atoms with Gasteiger partial charge in [-0.25, -0.2) is 4.98 Å². The Kier molecular flexibility index (Phi) is 5.66. The van der Waals surface area contributed by atoms with Crippen LogP contribution in [0.3, 0.4) is 0 Å². The van der Waals surface area contributed by atoms with E-state index in [0.29, 0.717) is 11.6 Å². The third-order valence-electron chi connectivity index (χ3n) is 4.15. The van der Waals surface area contributed by atoms with Crippen LogP contribution in [0.1, 0.15) is 24.9 Å². The number of anilines is 1. The maximum Gasteiger partial charge on any atom is 0.227 e. The van der Waals surface area contributed by atoms with Crippen molar-refractivity contribution in [3.05, 3.63) is 66.2 Å². The van der Waals surface area contributed by atoms with Gasteiger partial charge in [-0.1, -0.05) is 30.3 Å². The number of para-hydroxylation sites is 1. The summed E-state index contributed by atoms with van der Waals surface area (Å²) in [5, 5.41) is 6.63. The van der Waals surface area contributed by atoms with Crippen LogP contribution in [0, 0.1) is 0 Å². The zero-order valence-electron chi connectivity index (χ0n) is 15.2. The second-order valence-corrected chi connectivity index (χ2v) is 6.17. The van der Waals surface area contributed by atoms with Crippen molar-refractivity contribution in [3.63, 3.8) is 0 Å². The Morgan fingerprint density at radius 2 is 1.78 bits per heavy atom. The number of carbonyl (C=O) groups is 2. The molecule has 0 aliphatic heterocycles. The number of nitrogens with one attached hydrogen (secondary N) is 2. The maximum absolute atomic E-state index is 12.5. The van der Waals surface area contributed by atoms with Gasteiger partial charge in [-0.15, -0.1) is 0 Å². The summed E-state index contributed by atoms with van der Waals surface area (Å²) in [6.45, 7) is 1.43. The SMILES string of the molecule is COc1ccc(C(CC(=O)Nc2ccc3ccccc3n2)NC(C)=O)cc1. The summed E-state index contributed by atoms with van der Waals surface area (Å²) in [5.74, 6) is 0.764. The number of carbonyl (C=O) groups excluding carboxylic acids is 2. The molecular weight excluding hydrogens is 342 g/mol. The lowest BCUT2D eigenvalue weighted by Gasteiger charge is -2.18. The quantitative estimate of drug-likeness (QED) is 0.703. The van der Waals surface area contributed by atoms with Gasteiger partial charge in [-0.05, 0) is 35.9 Å². The minimum absolute atomic E-state index is 0.0976. The highest BCUT2D eigenvalue weighted by molar-refractivity contribution is 5.92. The summed E-state index contributed by atoms with van der Waals surface area (Å²) in [6, 6.07) is 18.2. The molecule has 0 bridgehead atoms. The monoisotopic (exact) mass is 363 g/mol. The highest BCUT2D eigenvalue weighted by Crippen LogP contribution is 2.21. The van der Waals surface area contributed by atoms with Crippen molar-refractivity contribution in [1.82, 2.24) is 10.3 Å². The molecule has 0 aliphatic carbocycles. The predicted molar refractivity (Wildman–Crippen MR) is 105 cm³/mol. The van der Waals surface area contributed by atoms with Gasteiger partial charge in [0, 0.05) is 12.3 Å². The fraction of sp³-hybridized carbons (Fsp3) is 0.190. The van der Waals surface area contributed by atoms with Crippen molar-refractivity contribution >= 4 is 28.5 Å². The average Bonchev–Trinajstić information content (AvgIpc) is 2.67. The van der Waals surface area contributed by atoms with E-state index in [1.54, 1.807) is 25.3 Å². The Morgan fingerprint density at radius 3 is 2.48 bits per heavy atom. The van der Waals surface area contributed by atoms with E-state index in [9.17, 15) is 9.59 Å². The molecule has 2 amide bonds. The van der Waals surface area contributed by atoms with Gasteiger partial charge in [0.1, 0.15) is 11.6 Å². The molecule has 3 rings (SSSR count). The summed E-state index contributed by atoms with van der Waals surface area (Å²) in [7, 11) is 1.59. The first kappa shape index (κ1) is 18.4. The zero-order valence-corrected chi connectivity index (χ0v) is 15.2. The molecule has 0 radical (unpaired) electrons. The molecule has 1 aromatic heterocycles. The Balaban J connectivity index is 1.73. The van der Waals surface area contributed by atoms with Gasteiger partial charge >= 0.3 is 0 Å². The number of pyridine rings is 1. The second kappa shape index (κ2) is 8.31. The number of fused-ring (bicyclic) bond motifs is 1. The molecule has 0 spiro atoms. The second-order valence-electron chi connectivity index (χ2n) is 6.17. The van der Waals surface area contributed by atoms with Crippen LogP contribution in [0.4, 0.5) is 5.82 Å². The highest BCUT2D eigenvalue weighted by atomic mass is 16.5. The van der Waals surface area contributed by atoms with Gasteiger partial charge in [0.15, 0.2) is 0 Å².